The van der Waals surface area contributed by atoms with Crippen LogP contribution in [0.4, 0.5) is 0 Å². The Kier molecular flexibility index (Phi) is 5.26. The summed E-state index contributed by atoms with van der Waals surface area (Å²) in [4.78, 5) is 0. The summed E-state index contributed by atoms with van der Waals surface area (Å²) < 4.78 is 0. The molecule has 0 fully saturated rings. The van der Waals surface area contributed by atoms with Crippen molar-refractivity contribution in [3.63, 3.8) is 0 Å². The number of allylic oxidation sites excluding steroid dienone is 2. The van der Waals surface area contributed by atoms with Gasteiger partial charge in [-0.2, -0.15) is 0 Å². The molecule has 0 radical (unpaired) electrons. The Morgan fingerprint density at radius 2 is 2.43 bits per heavy atom. The van der Waals surface area contributed by atoms with E-state index >= 15 is 0 Å². The second kappa shape index (κ2) is 5.59. The Morgan fingerprint density at radius 1 is 1.71 bits per heavy atom. The molecule has 0 atom stereocenters. The van der Waals surface area contributed by atoms with Crippen molar-refractivity contribution in [2.75, 3.05) is 5.88 Å². The number of alkyl halides is 1. The third kappa shape index (κ3) is 5.59. The van der Waals surface area contributed by atoms with Crippen LogP contribution in [-0.2, 0) is 0 Å². The summed E-state index contributed by atoms with van der Waals surface area (Å²) in [6.45, 7) is 0. The van der Waals surface area contributed by atoms with Crippen molar-refractivity contribution in [2.45, 2.75) is 6.42 Å². The van der Waals surface area contributed by atoms with Crippen LogP contribution in [0.25, 0.3) is 0 Å². The number of rotatable bonds is 2. The topological polar surface area (TPSA) is 0 Å². The standard InChI is InChI=1S/C6H7Cl/c1-2-3-4-5-6-7/h1,3-4H,5-6H2. The highest BCUT2D eigenvalue weighted by Crippen LogP contribution is 1.84. The highest BCUT2D eigenvalue weighted by Gasteiger charge is 1.68. The minimum absolute atomic E-state index is 0.651. The Balaban J connectivity index is 2.97. The summed E-state index contributed by atoms with van der Waals surface area (Å²) in [5, 5.41) is 0. The Hall–Kier alpha value is -0.410. The largest absolute Gasteiger partial charge is 0.126 e. The fourth-order valence-electron chi connectivity index (χ4n) is 0.214. The van der Waals surface area contributed by atoms with Crippen LogP contribution in [0.1, 0.15) is 6.42 Å². The van der Waals surface area contributed by atoms with Crippen LogP contribution in [0, 0.1) is 12.3 Å². The molecule has 0 saturated heterocycles. The summed E-state index contributed by atoms with van der Waals surface area (Å²) in [6.07, 6.45) is 9.28. The maximum atomic E-state index is 5.32. The summed E-state index contributed by atoms with van der Waals surface area (Å²) in [7, 11) is 0. The molecular formula is C6H7Cl. The van der Waals surface area contributed by atoms with E-state index in [-0.39, 0.29) is 0 Å². The Labute approximate surface area is 49.2 Å². The Bertz CT molecular complexity index is 86.8. The lowest BCUT2D eigenvalue weighted by Crippen LogP contribution is -1.62. The van der Waals surface area contributed by atoms with E-state index in [1.165, 1.54) is 0 Å². The second-order valence-corrected chi connectivity index (χ2v) is 1.42. The molecular weight excluding hydrogens is 108 g/mol. The molecule has 38 valence electrons. The smallest absolute Gasteiger partial charge is 0.0258 e. The van der Waals surface area contributed by atoms with Crippen LogP contribution in [0.5, 0.6) is 0 Å². The van der Waals surface area contributed by atoms with Gasteiger partial charge in [-0.15, -0.1) is 18.0 Å². The van der Waals surface area contributed by atoms with Crippen LogP contribution in [-0.4, -0.2) is 5.88 Å². The van der Waals surface area contributed by atoms with E-state index in [4.69, 9.17) is 18.0 Å². The van der Waals surface area contributed by atoms with Crippen molar-refractivity contribution < 1.29 is 0 Å². The predicted octanol–water partition coefficient (Wildman–Crippen LogP) is 1.80. The average Bonchev–Trinajstić information content (AvgIpc) is 1.69. The third-order valence-electron chi connectivity index (χ3n) is 0.490. The zero-order chi connectivity index (χ0) is 5.54. The second-order valence-electron chi connectivity index (χ2n) is 1.05. The van der Waals surface area contributed by atoms with Gasteiger partial charge in [0.15, 0.2) is 0 Å². The molecule has 0 amide bonds. The van der Waals surface area contributed by atoms with Crippen LogP contribution in [0.15, 0.2) is 12.2 Å². The van der Waals surface area contributed by atoms with Gasteiger partial charge in [0, 0.05) is 5.88 Å². The monoisotopic (exact) mass is 114 g/mol. The summed E-state index contributed by atoms with van der Waals surface area (Å²) >= 11 is 5.32. The molecule has 0 N–H and O–H groups in total. The molecule has 0 unspecified atom stereocenters. The summed E-state index contributed by atoms with van der Waals surface area (Å²) in [6, 6.07) is 0. The van der Waals surface area contributed by atoms with E-state index in [2.05, 4.69) is 5.92 Å². The Morgan fingerprint density at radius 3 is 2.86 bits per heavy atom. The van der Waals surface area contributed by atoms with Crippen molar-refractivity contribution in [1.29, 1.82) is 0 Å². The maximum Gasteiger partial charge on any atom is 0.0258 e. The van der Waals surface area contributed by atoms with Crippen LogP contribution in [0.2, 0.25) is 0 Å². The van der Waals surface area contributed by atoms with Gasteiger partial charge in [0.2, 0.25) is 0 Å². The van der Waals surface area contributed by atoms with Crippen molar-refractivity contribution in [3.8, 4) is 12.3 Å². The summed E-state index contributed by atoms with van der Waals surface area (Å²) in [5.74, 6) is 3.01. The van der Waals surface area contributed by atoms with Crippen LogP contribution in [0.3, 0.4) is 0 Å². The van der Waals surface area contributed by atoms with Gasteiger partial charge in [-0.1, -0.05) is 12.0 Å². The SMILES string of the molecule is C#CC=CCCCl. The van der Waals surface area contributed by atoms with Gasteiger partial charge in [-0.25, -0.2) is 0 Å². The quantitative estimate of drug-likeness (QED) is 0.379. The molecule has 0 nitrogen and oxygen atoms in total. The predicted molar refractivity (Wildman–Crippen MR) is 33.3 cm³/mol. The lowest BCUT2D eigenvalue weighted by molar-refractivity contribution is 1.24. The number of hydrogen-bond acceptors (Lipinski definition) is 0. The number of hydrogen-bond donors (Lipinski definition) is 0. The lowest BCUT2D eigenvalue weighted by atomic mass is 10.4. The first-order valence-electron chi connectivity index (χ1n) is 2.09. The molecule has 0 aliphatic rings. The molecule has 0 rings (SSSR count). The normalized spacial score (nSPS) is 9.14. The highest BCUT2D eigenvalue weighted by molar-refractivity contribution is 6.17. The molecule has 0 spiro atoms. The van der Waals surface area contributed by atoms with E-state index in [0.29, 0.717) is 5.88 Å². The van der Waals surface area contributed by atoms with Gasteiger partial charge in [0.05, 0.1) is 0 Å². The number of terminal acetylenes is 1. The molecule has 0 saturated carbocycles. The van der Waals surface area contributed by atoms with Gasteiger partial charge in [0.25, 0.3) is 0 Å². The molecule has 0 aliphatic carbocycles. The third-order valence-corrected chi connectivity index (χ3v) is 0.708. The van der Waals surface area contributed by atoms with Crippen molar-refractivity contribution in [3.05, 3.63) is 12.2 Å². The van der Waals surface area contributed by atoms with E-state index < -0.39 is 0 Å². The van der Waals surface area contributed by atoms with Crippen molar-refractivity contribution in [2.24, 2.45) is 0 Å². The van der Waals surface area contributed by atoms with Gasteiger partial charge in [-0.05, 0) is 12.5 Å². The van der Waals surface area contributed by atoms with Gasteiger partial charge in [-0.3, -0.25) is 0 Å². The first kappa shape index (κ1) is 6.59. The first-order chi connectivity index (χ1) is 3.41. The minimum Gasteiger partial charge on any atom is -0.126 e. The molecule has 0 aromatic heterocycles. The lowest BCUT2D eigenvalue weighted by Gasteiger charge is -1.74. The van der Waals surface area contributed by atoms with E-state index in [0.717, 1.165) is 6.42 Å². The first-order valence-corrected chi connectivity index (χ1v) is 2.62. The molecule has 0 aliphatic heterocycles. The summed E-state index contributed by atoms with van der Waals surface area (Å²) in [5.41, 5.74) is 0. The fourth-order valence-corrected chi connectivity index (χ4v) is 0.340. The van der Waals surface area contributed by atoms with E-state index in [1.807, 2.05) is 6.08 Å². The number of halogens is 1. The highest BCUT2D eigenvalue weighted by atomic mass is 35.5. The molecule has 0 bridgehead atoms. The minimum atomic E-state index is 0.651. The zero-order valence-corrected chi connectivity index (χ0v) is 4.78. The molecule has 0 heterocycles. The van der Waals surface area contributed by atoms with Crippen molar-refractivity contribution >= 4 is 11.6 Å². The molecule has 1 heteroatoms. The molecule has 7 heavy (non-hydrogen) atoms. The van der Waals surface area contributed by atoms with Gasteiger partial charge >= 0.3 is 0 Å². The van der Waals surface area contributed by atoms with Gasteiger partial charge < -0.3 is 0 Å². The van der Waals surface area contributed by atoms with E-state index in [9.17, 15) is 0 Å². The average molecular weight is 115 g/mol. The zero-order valence-electron chi connectivity index (χ0n) is 4.02. The fraction of sp³-hybridized carbons (Fsp3) is 0.333. The van der Waals surface area contributed by atoms with E-state index in [1.54, 1.807) is 6.08 Å². The molecule has 0 aromatic carbocycles. The van der Waals surface area contributed by atoms with Crippen LogP contribution >= 0.6 is 11.6 Å². The molecule has 0 aromatic rings. The van der Waals surface area contributed by atoms with Crippen molar-refractivity contribution in [1.82, 2.24) is 0 Å². The van der Waals surface area contributed by atoms with Crippen LogP contribution < -0.4 is 0 Å². The van der Waals surface area contributed by atoms with Gasteiger partial charge in [0.1, 0.15) is 0 Å². The maximum absolute atomic E-state index is 5.32.